The molecule has 0 aliphatic rings. The minimum absolute atomic E-state index is 0.181. The largest absolute Gasteiger partial charge is 0.550 e. The molecule has 0 aliphatic heterocycles. The van der Waals surface area contributed by atoms with Gasteiger partial charge >= 0.3 is 0 Å². The molecule has 14 heavy (non-hydrogen) atoms. The lowest BCUT2D eigenvalue weighted by molar-refractivity contribution is -0.873. The highest BCUT2D eigenvalue weighted by molar-refractivity contribution is 5.63. The zero-order valence-electron chi connectivity index (χ0n) is 9.91. The summed E-state index contributed by atoms with van der Waals surface area (Å²) in [6, 6.07) is 0. The lowest BCUT2D eigenvalue weighted by Gasteiger charge is -2.24. The zero-order valence-corrected chi connectivity index (χ0v) is 9.91. The third kappa shape index (κ3) is 22.5. The van der Waals surface area contributed by atoms with Crippen LogP contribution in [0.15, 0.2) is 0 Å². The van der Waals surface area contributed by atoms with Gasteiger partial charge in [-0.3, -0.25) is 0 Å². The van der Waals surface area contributed by atoms with E-state index in [1.807, 2.05) is 6.92 Å². The molecule has 1 atom stereocenters. The fourth-order valence-electron chi connectivity index (χ4n) is 0.997. The highest BCUT2D eigenvalue weighted by Gasteiger charge is 2.09. The Balaban J connectivity index is 0. The maximum absolute atomic E-state index is 9.49. The summed E-state index contributed by atoms with van der Waals surface area (Å²) in [6.07, 6.45) is 0.664. The first-order valence-corrected chi connectivity index (χ1v) is 4.87. The third-order valence-electron chi connectivity index (χ3n) is 1.27. The number of likely N-dealkylation sites (N-methyl/N-ethyl adjacent to an activating group) is 1. The summed E-state index contributed by atoms with van der Waals surface area (Å²) in [4.78, 5) is 9.49. The van der Waals surface area contributed by atoms with E-state index in [0.717, 1.165) is 11.0 Å². The molecule has 1 N–H and O–H groups in total. The molecule has 0 aliphatic carbocycles. The summed E-state index contributed by atoms with van der Waals surface area (Å²) in [5.74, 6) is -0.961. The molecule has 0 saturated heterocycles. The number of carboxylic acids is 1. The predicted octanol–water partition coefficient (Wildman–Crippen LogP) is -0.390. The van der Waals surface area contributed by atoms with Gasteiger partial charge in [-0.2, -0.15) is 0 Å². The monoisotopic (exact) mass is 205 g/mol. The molecule has 0 fully saturated rings. The molecule has 0 aromatic rings. The highest BCUT2D eigenvalue weighted by atomic mass is 16.4. The summed E-state index contributed by atoms with van der Waals surface area (Å²) in [6.45, 7) is 4.43. The van der Waals surface area contributed by atoms with Crippen LogP contribution in [0.1, 0.15) is 26.7 Å². The third-order valence-corrected chi connectivity index (χ3v) is 1.27. The molecule has 0 saturated carbocycles. The molecule has 0 bridgehead atoms. The summed E-state index contributed by atoms with van der Waals surface area (Å²) in [7, 11) is 6.19. The number of hydrogen-bond acceptors (Lipinski definition) is 3. The summed E-state index contributed by atoms with van der Waals surface area (Å²) in [5.41, 5.74) is 0. The van der Waals surface area contributed by atoms with Gasteiger partial charge in [-0.25, -0.2) is 0 Å². The number of carbonyl (C=O) groups excluding carboxylic acids is 1. The summed E-state index contributed by atoms with van der Waals surface area (Å²) >= 11 is 0. The van der Waals surface area contributed by atoms with Crippen LogP contribution in [0.2, 0.25) is 0 Å². The van der Waals surface area contributed by atoms with E-state index >= 15 is 0 Å². The predicted molar refractivity (Wildman–Crippen MR) is 54.5 cm³/mol. The van der Waals surface area contributed by atoms with Crippen molar-refractivity contribution in [2.45, 2.75) is 32.8 Å². The Bertz CT molecular complexity index is 150. The normalized spacial score (nSPS) is 12.7. The summed E-state index contributed by atoms with van der Waals surface area (Å²) < 4.78 is 0.831. The van der Waals surface area contributed by atoms with Crippen LogP contribution >= 0.6 is 0 Å². The highest BCUT2D eigenvalue weighted by Crippen LogP contribution is 1.92. The number of carbonyl (C=O) groups is 1. The Hall–Kier alpha value is -0.610. The second kappa shape index (κ2) is 7.76. The Kier molecular flexibility index (Phi) is 8.79. The molecule has 0 aromatic carbocycles. The first-order valence-electron chi connectivity index (χ1n) is 4.87. The van der Waals surface area contributed by atoms with Gasteiger partial charge in [-0.05, 0) is 13.3 Å². The van der Waals surface area contributed by atoms with Crippen molar-refractivity contribution in [1.82, 2.24) is 0 Å². The number of hydrogen-bond donors (Lipinski definition) is 1. The second-order valence-electron chi connectivity index (χ2n) is 4.44. The van der Waals surface area contributed by atoms with Crippen molar-refractivity contribution in [3.8, 4) is 0 Å². The van der Waals surface area contributed by atoms with Gasteiger partial charge in [0, 0.05) is 5.97 Å². The van der Waals surface area contributed by atoms with Crippen molar-refractivity contribution in [3.63, 3.8) is 0 Å². The van der Waals surface area contributed by atoms with Gasteiger partial charge in [0.05, 0.1) is 21.1 Å². The molecule has 0 aromatic heterocycles. The van der Waals surface area contributed by atoms with E-state index in [1.54, 1.807) is 6.92 Å². The van der Waals surface area contributed by atoms with Crippen LogP contribution in [-0.2, 0) is 4.79 Å². The quantitative estimate of drug-likeness (QED) is 0.636. The van der Waals surface area contributed by atoms with Crippen molar-refractivity contribution in [2.75, 3.05) is 27.7 Å². The molecule has 1 unspecified atom stereocenters. The van der Waals surface area contributed by atoms with Crippen molar-refractivity contribution < 1.29 is 19.5 Å². The van der Waals surface area contributed by atoms with Crippen LogP contribution in [0.5, 0.6) is 0 Å². The zero-order chi connectivity index (χ0) is 11.8. The van der Waals surface area contributed by atoms with Crippen molar-refractivity contribution in [1.29, 1.82) is 0 Å². The van der Waals surface area contributed by atoms with Crippen LogP contribution < -0.4 is 5.11 Å². The number of nitrogens with zero attached hydrogens (tertiary/aromatic N) is 1. The average molecular weight is 205 g/mol. The first-order chi connectivity index (χ1) is 6.19. The SMILES string of the molecule is CC(O)C[N+](C)(C)C.CCCC(=O)[O-]. The average Bonchev–Trinajstić information content (AvgIpc) is 1.80. The summed E-state index contributed by atoms with van der Waals surface area (Å²) in [5, 5.41) is 18.4. The fourth-order valence-corrected chi connectivity index (χ4v) is 0.997. The minimum Gasteiger partial charge on any atom is -0.550 e. The molecule has 0 rings (SSSR count). The number of aliphatic carboxylic acids is 1. The topological polar surface area (TPSA) is 60.4 Å². The number of quaternary nitrogens is 1. The maximum Gasteiger partial charge on any atom is 0.104 e. The number of rotatable bonds is 4. The van der Waals surface area contributed by atoms with E-state index in [-0.39, 0.29) is 12.5 Å². The number of aliphatic hydroxyl groups is 1. The Morgan fingerprint density at radius 1 is 1.43 bits per heavy atom. The maximum atomic E-state index is 9.49. The lowest BCUT2D eigenvalue weighted by atomic mass is 10.3. The van der Waals surface area contributed by atoms with Crippen molar-refractivity contribution in [2.24, 2.45) is 0 Å². The van der Waals surface area contributed by atoms with E-state index in [2.05, 4.69) is 21.1 Å². The van der Waals surface area contributed by atoms with Crippen LogP contribution in [0.25, 0.3) is 0 Å². The van der Waals surface area contributed by atoms with E-state index < -0.39 is 5.97 Å². The number of carboxylic acid groups (broad SMARTS) is 1. The molecule has 4 heteroatoms. The second-order valence-corrected chi connectivity index (χ2v) is 4.44. The Morgan fingerprint density at radius 2 is 1.86 bits per heavy atom. The molecular weight excluding hydrogens is 182 g/mol. The van der Waals surface area contributed by atoms with Gasteiger partial charge in [-0.1, -0.05) is 13.3 Å². The van der Waals surface area contributed by atoms with E-state index in [0.29, 0.717) is 6.42 Å². The van der Waals surface area contributed by atoms with Crippen molar-refractivity contribution >= 4 is 5.97 Å². The van der Waals surface area contributed by atoms with Gasteiger partial charge in [0.15, 0.2) is 0 Å². The standard InChI is InChI=1S/C6H16NO.C4H8O2/c1-6(8)5-7(2,3)4;1-2-3-4(5)6/h6,8H,5H2,1-4H3;2-3H2,1H3,(H,5,6)/q+1;/p-1. The Labute approximate surface area is 86.7 Å². The van der Waals surface area contributed by atoms with Gasteiger partial charge in [-0.15, -0.1) is 0 Å². The molecule has 0 radical (unpaired) electrons. The molecular formula is C10H23NO3. The van der Waals surface area contributed by atoms with E-state index in [1.165, 1.54) is 0 Å². The fraction of sp³-hybridized carbons (Fsp3) is 0.900. The lowest BCUT2D eigenvalue weighted by Crippen LogP contribution is -2.40. The van der Waals surface area contributed by atoms with Crippen LogP contribution in [0.3, 0.4) is 0 Å². The van der Waals surface area contributed by atoms with Gasteiger partial charge in [0.25, 0.3) is 0 Å². The molecule has 0 heterocycles. The van der Waals surface area contributed by atoms with Gasteiger partial charge < -0.3 is 19.5 Å². The molecule has 0 spiro atoms. The molecule has 0 amide bonds. The van der Waals surface area contributed by atoms with Crippen LogP contribution in [0.4, 0.5) is 0 Å². The Morgan fingerprint density at radius 3 is 1.86 bits per heavy atom. The van der Waals surface area contributed by atoms with Crippen molar-refractivity contribution in [3.05, 3.63) is 0 Å². The van der Waals surface area contributed by atoms with E-state index in [4.69, 9.17) is 5.11 Å². The van der Waals surface area contributed by atoms with Crippen LogP contribution in [-0.4, -0.2) is 49.4 Å². The minimum atomic E-state index is -0.961. The smallest absolute Gasteiger partial charge is 0.104 e. The van der Waals surface area contributed by atoms with E-state index in [9.17, 15) is 9.90 Å². The van der Waals surface area contributed by atoms with Gasteiger partial charge in [0.1, 0.15) is 12.6 Å². The van der Waals surface area contributed by atoms with Gasteiger partial charge in [0.2, 0.25) is 0 Å². The first kappa shape index (κ1) is 15.8. The molecule has 4 nitrogen and oxygen atoms in total. The van der Waals surface area contributed by atoms with Crippen LogP contribution in [0, 0.1) is 0 Å². The molecule has 86 valence electrons. The number of aliphatic hydroxyl groups excluding tert-OH is 1.